The van der Waals surface area contributed by atoms with E-state index in [0.717, 1.165) is 22.5 Å². The van der Waals surface area contributed by atoms with Crippen LogP contribution in [0.4, 0.5) is 18.9 Å². The first kappa shape index (κ1) is 14.0. The SMILES string of the molecule is Cc1ccc([N+](=O)[O-])c(Cn2ccc(C(F)(F)F)n2)c1. The van der Waals surface area contributed by atoms with E-state index in [2.05, 4.69) is 5.10 Å². The van der Waals surface area contributed by atoms with E-state index < -0.39 is 16.8 Å². The van der Waals surface area contributed by atoms with Crippen molar-refractivity contribution in [3.8, 4) is 0 Å². The average molecular weight is 285 g/mol. The maximum Gasteiger partial charge on any atom is 0.435 e. The van der Waals surface area contributed by atoms with Gasteiger partial charge in [-0.05, 0) is 19.1 Å². The predicted molar refractivity (Wildman–Crippen MR) is 64.2 cm³/mol. The summed E-state index contributed by atoms with van der Waals surface area (Å²) in [6.07, 6.45) is -3.38. The van der Waals surface area contributed by atoms with E-state index in [1.165, 1.54) is 6.07 Å². The molecule has 1 aromatic carbocycles. The standard InChI is InChI=1S/C12H10F3N3O2/c1-8-2-3-10(18(19)20)9(6-8)7-17-5-4-11(16-17)12(13,14)15/h2-6H,7H2,1H3. The highest BCUT2D eigenvalue weighted by atomic mass is 19.4. The van der Waals surface area contributed by atoms with Crippen LogP contribution in [0.1, 0.15) is 16.8 Å². The molecule has 2 rings (SSSR count). The Morgan fingerprint density at radius 3 is 2.60 bits per heavy atom. The van der Waals surface area contributed by atoms with Crippen molar-refractivity contribution in [1.29, 1.82) is 0 Å². The lowest BCUT2D eigenvalue weighted by Crippen LogP contribution is -2.09. The van der Waals surface area contributed by atoms with Crippen molar-refractivity contribution >= 4 is 5.69 Å². The van der Waals surface area contributed by atoms with E-state index in [9.17, 15) is 23.3 Å². The van der Waals surface area contributed by atoms with Gasteiger partial charge in [-0.15, -0.1) is 0 Å². The molecule has 1 aromatic heterocycles. The first-order valence-electron chi connectivity index (χ1n) is 5.62. The molecule has 0 aliphatic rings. The number of halogens is 3. The Hall–Kier alpha value is -2.38. The van der Waals surface area contributed by atoms with Gasteiger partial charge in [-0.25, -0.2) is 0 Å². The molecule has 5 nitrogen and oxygen atoms in total. The summed E-state index contributed by atoms with van der Waals surface area (Å²) in [5.41, 5.74) is -0.0620. The molecule has 0 atom stereocenters. The molecule has 2 aromatic rings. The summed E-state index contributed by atoms with van der Waals surface area (Å²) in [5, 5.41) is 14.3. The zero-order chi connectivity index (χ0) is 14.9. The van der Waals surface area contributed by atoms with E-state index >= 15 is 0 Å². The van der Waals surface area contributed by atoms with Crippen LogP contribution >= 0.6 is 0 Å². The monoisotopic (exact) mass is 285 g/mol. The molecule has 0 unspecified atom stereocenters. The van der Waals surface area contributed by atoms with Gasteiger partial charge in [-0.2, -0.15) is 18.3 Å². The minimum absolute atomic E-state index is 0.0892. The van der Waals surface area contributed by atoms with Crippen molar-refractivity contribution < 1.29 is 18.1 Å². The van der Waals surface area contributed by atoms with Gasteiger partial charge in [0.2, 0.25) is 0 Å². The number of alkyl halides is 3. The van der Waals surface area contributed by atoms with E-state index in [1.807, 2.05) is 0 Å². The number of hydrogen-bond donors (Lipinski definition) is 0. The largest absolute Gasteiger partial charge is 0.435 e. The maximum absolute atomic E-state index is 12.4. The summed E-state index contributed by atoms with van der Waals surface area (Å²) < 4.78 is 38.3. The van der Waals surface area contributed by atoms with Crippen LogP contribution in [0.5, 0.6) is 0 Å². The summed E-state index contributed by atoms with van der Waals surface area (Å²) in [7, 11) is 0. The second kappa shape index (κ2) is 4.95. The van der Waals surface area contributed by atoms with E-state index in [-0.39, 0.29) is 12.2 Å². The smallest absolute Gasteiger partial charge is 0.267 e. The summed E-state index contributed by atoms with van der Waals surface area (Å²) in [6.45, 7) is 1.66. The second-order valence-electron chi connectivity index (χ2n) is 4.29. The summed E-state index contributed by atoms with van der Waals surface area (Å²) in [6, 6.07) is 5.30. The topological polar surface area (TPSA) is 61.0 Å². The molecular formula is C12H10F3N3O2. The van der Waals surface area contributed by atoms with Gasteiger partial charge in [-0.1, -0.05) is 11.6 Å². The lowest BCUT2D eigenvalue weighted by Gasteiger charge is -2.05. The fourth-order valence-corrected chi connectivity index (χ4v) is 1.79. The van der Waals surface area contributed by atoms with Crippen molar-refractivity contribution in [2.75, 3.05) is 0 Å². The molecular weight excluding hydrogens is 275 g/mol. The first-order chi connectivity index (χ1) is 9.27. The molecule has 0 fully saturated rings. The molecule has 106 valence electrons. The molecule has 0 N–H and O–H groups in total. The quantitative estimate of drug-likeness (QED) is 0.642. The average Bonchev–Trinajstić information content (AvgIpc) is 2.76. The molecule has 20 heavy (non-hydrogen) atoms. The van der Waals surface area contributed by atoms with Gasteiger partial charge in [0.1, 0.15) is 0 Å². The maximum atomic E-state index is 12.4. The molecule has 0 saturated carbocycles. The number of nitro groups is 1. The fraction of sp³-hybridized carbons (Fsp3) is 0.250. The highest BCUT2D eigenvalue weighted by Crippen LogP contribution is 2.28. The third-order valence-corrected chi connectivity index (χ3v) is 2.70. The van der Waals surface area contributed by atoms with Gasteiger partial charge in [-0.3, -0.25) is 14.8 Å². The molecule has 0 spiro atoms. The molecule has 0 amide bonds. The number of aromatic nitrogens is 2. The summed E-state index contributed by atoms with van der Waals surface area (Å²) in [5.74, 6) is 0. The van der Waals surface area contributed by atoms with Crippen LogP contribution in [0.15, 0.2) is 30.5 Å². The Kier molecular flexibility index (Phi) is 3.47. The second-order valence-corrected chi connectivity index (χ2v) is 4.29. The number of nitro benzene ring substituents is 1. The predicted octanol–water partition coefficient (Wildman–Crippen LogP) is 3.17. The molecule has 0 aliphatic carbocycles. The Labute approximate surface area is 111 Å². The third-order valence-electron chi connectivity index (χ3n) is 2.70. The molecule has 0 saturated heterocycles. The Morgan fingerprint density at radius 2 is 2.05 bits per heavy atom. The lowest BCUT2D eigenvalue weighted by molar-refractivity contribution is -0.385. The van der Waals surface area contributed by atoms with Crippen LogP contribution in [0.2, 0.25) is 0 Å². The number of hydrogen-bond acceptors (Lipinski definition) is 3. The highest BCUT2D eigenvalue weighted by molar-refractivity contribution is 5.42. The van der Waals surface area contributed by atoms with E-state index in [1.54, 1.807) is 19.1 Å². The minimum Gasteiger partial charge on any atom is -0.267 e. The highest BCUT2D eigenvalue weighted by Gasteiger charge is 2.33. The van der Waals surface area contributed by atoms with Crippen molar-refractivity contribution in [3.63, 3.8) is 0 Å². The van der Waals surface area contributed by atoms with Crippen molar-refractivity contribution in [2.45, 2.75) is 19.6 Å². The van der Waals surface area contributed by atoms with Gasteiger partial charge in [0.25, 0.3) is 5.69 Å². The van der Waals surface area contributed by atoms with Gasteiger partial charge in [0.05, 0.1) is 17.0 Å². The van der Waals surface area contributed by atoms with Crippen LogP contribution in [0.3, 0.4) is 0 Å². The van der Waals surface area contributed by atoms with Gasteiger partial charge < -0.3 is 0 Å². The zero-order valence-corrected chi connectivity index (χ0v) is 10.4. The minimum atomic E-state index is -4.52. The van der Waals surface area contributed by atoms with Gasteiger partial charge in [0.15, 0.2) is 5.69 Å². The van der Waals surface area contributed by atoms with Crippen LogP contribution in [-0.2, 0) is 12.7 Å². The van der Waals surface area contributed by atoms with Crippen molar-refractivity contribution in [1.82, 2.24) is 9.78 Å². The normalized spacial score (nSPS) is 11.6. The molecule has 1 heterocycles. The van der Waals surface area contributed by atoms with Crippen LogP contribution < -0.4 is 0 Å². The lowest BCUT2D eigenvalue weighted by atomic mass is 10.1. The molecule has 0 radical (unpaired) electrons. The molecule has 0 bridgehead atoms. The Bertz CT molecular complexity index is 650. The first-order valence-corrected chi connectivity index (χ1v) is 5.62. The van der Waals surface area contributed by atoms with Crippen molar-refractivity contribution in [3.05, 3.63) is 57.4 Å². The third kappa shape index (κ3) is 2.95. The van der Waals surface area contributed by atoms with Gasteiger partial charge in [0, 0.05) is 12.3 Å². The summed E-state index contributed by atoms with van der Waals surface area (Å²) >= 11 is 0. The van der Waals surface area contributed by atoms with Crippen LogP contribution in [0.25, 0.3) is 0 Å². The Morgan fingerprint density at radius 1 is 1.35 bits per heavy atom. The van der Waals surface area contributed by atoms with Gasteiger partial charge >= 0.3 is 6.18 Å². The number of nitrogens with zero attached hydrogens (tertiary/aromatic N) is 3. The molecule has 8 heteroatoms. The van der Waals surface area contributed by atoms with Crippen LogP contribution in [0, 0.1) is 17.0 Å². The molecule has 0 aliphatic heterocycles. The van der Waals surface area contributed by atoms with Crippen molar-refractivity contribution in [2.24, 2.45) is 0 Å². The fourth-order valence-electron chi connectivity index (χ4n) is 1.79. The Balaban J connectivity index is 2.32. The summed E-state index contributed by atoms with van der Waals surface area (Å²) in [4.78, 5) is 10.3. The zero-order valence-electron chi connectivity index (χ0n) is 10.4. The number of aryl methyl sites for hydroxylation is 1. The van der Waals surface area contributed by atoms with E-state index in [4.69, 9.17) is 0 Å². The van der Waals surface area contributed by atoms with Crippen LogP contribution in [-0.4, -0.2) is 14.7 Å². The number of benzene rings is 1. The number of rotatable bonds is 3. The van der Waals surface area contributed by atoms with E-state index in [0.29, 0.717) is 5.56 Å².